The Labute approximate surface area is 266 Å². The van der Waals surface area contributed by atoms with Crippen LogP contribution in [0.4, 0.5) is 15.8 Å². The Morgan fingerprint density at radius 1 is 0.935 bits per heavy atom. The molecule has 0 aliphatic carbocycles. The predicted octanol–water partition coefficient (Wildman–Crippen LogP) is 6.25. The summed E-state index contributed by atoms with van der Waals surface area (Å²) < 4.78 is 33.3. The highest BCUT2D eigenvalue weighted by Crippen LogP contribution is 2.25. The molecule has 236 valence electrons. The maximum atomic E-state index is 13.9. The first-order chi connectivity index (χ1) is 22.2. The van der Waals surface area contributed by atoms with Gasteiger partial charge in [0.2, 0.25) is 0 Å². The third kappa shape index (κ3) is 7.81. The van der Waals surface area contributed by atoms with Gasteiger partial charge in [-0.2, -0.15) is 5.10 Å². The molecule has 2 heterocycles. The molecule has 0 atom stereocenters. The van der Waals surface area contributed by atoms with E-state index in [0.29, 0.717) is 22.8 Å². The molecule has 0 spiro atoms. The molecule has 0 radical (unpaired) electrons. The third-order valence-corrected chi connectivity index (χ3v) is 7.02. The van der Waals surface area contributed by atoms with Crippen LogP contribution in [0.5, 0.6) is 11.5 Å². The zero-order valence-electron chi connectivity index (χ0n) is 25.9. The van der Waals surface area contributed by atoms with E-state index in [1.54, 1.807) is 30.3 Å². The summed E-state index contributed by atoms with van der Waals surface area (Å²) in [7, 11) is 3.73. The number of amides is 2. The van der Waals surface area contributed by atoms with E-state index >= 15 is 0 Å². The molecule has 0 saturated carbocycles. The molecule has 2 aromatic heterocycles. The number of anilines is 2. The predicted molar refractivity (Wildman–Crippen MR) is 175 cm³/mol. The maximum Gasteiger partial charge on any atom is 0.307 e. The molecule has 0 fully saturated rings. The summed E-state index contributed by atoms with van der Waals surface area (Å²) in [6.07, 6.45) is 1.40. The molecular weight excluding hydrogens is 589 g/mol. The molecular formula is C35H34FN5O5. The van der Waals surface area contributed by atoms with E-state index in [-0.39, 0.29) is 24.7 Å². The Bertz CT molecular complexity index is 1840. The Hall–Kier alpha value is -5.84. The number of hydrazone groups is 1. The van der Waals surface area contributed by atoms with Gasteiger partial charge in [-0.05, 0) is 86.6 Å². The van der Waals surface area contributed by atoms with Crippen molar-refractivity contribution in [3.8, 4) is 17.2 Å². The van der Waals surface area contributed by atoms with Crippen LogP contribution in [0.25, 0.3) is 5.69 Å². The molecule has 10 nitrogen and oxygen atoms in total. The van der Waals surface area contributed by atoms with Gasteiger partial charge in [0, 0.05) is 48.5 Å². The van der Waals surface area contributed by atoms with Gasteiger partial charge in [-0.1, -0.05) is 12.1 Å². The second-order valence-electron chi connectivity index (χ2n) is 10.6. The lowest BCUT2D eigenvalue weighted by Crippen LogP contribution is -2.21. The van der Waals surface area contributed by atoms with E-state index in [0.717, 1.165) is 22.8 Å². The summed E-state index contributed by atoms with van der Waals surface area (Å²) in [6, 6.07) is 26.3. The quantitative estimate of drug-likeness (QED) is 0.126. The number of aryl methyl sites for hydroxylation is 2. The van der Waals surface area contributed by atoms with E-state index < -0.39 is 17.6 Å². The van der Waals surface area contributed by atoms with E-state index in [2.05, 4.69) is 46.4 Å². The number of para-hydroxylation sites is 1. The van der Waals surface area contributed by atoms with Crippen molar-refractivity contribution in [2.75, 3.05) is 30.9 Å². The van der Waals surface area contributed by atoms with E-state index in [4.69, 9.17) is 13.9 Å². The molecule has 5 aromatic rings. The standard InChI is InChI=1S/C35H34FN5O5/c1-23-9-10-24(2)41(23)26-13-15-28(16-14-26)44-21-29-17-18-32(46-29)35(43)39-37-20-25-11-12-27(40(3)4)19-33(25)45-22-34(42)38-31-8-6-5-7-30(31)36/h5-20H,21-22H2,1-4H3,(H,38,42)(H,39,43)/b37-20+. The summed E-state index contributed by atoms with van der Waals surface area (Å²) >= 11 is 0. The first-order valence-electron chi connectivity index (χ1n) is 14.5. The SMILES string of the molecule is Cc1ccc(C)n1-c1ccc(OCc2ccc(C(=O)N/N=C/c3ccc(N(C)C)cc3OCC(=O)Nc3ccccc3F)o2)cc1. The van der Waals surface area contributed by atoms with Gasteiger partial charge in [-0.25, -0.2) is 9.82 Å². The first kappa shape index (κ1) is 31.6. The van der Waals surface area contributed by atoms with Gasteiger partial charge in [0.25, 0.3) is 5.91 Å². The second kappa shape index (κ2) is 14.3. The molecule has 2 N–H and O–H groups in total. The van der Waals surface area contributed by atoms with Crippen LogP contribution in [0.3, 0.4) is 0 Å². The van der Waals surface area contributed by atoms with Crippen LogP contribution >= 0.6 is 0 Å². The van der Waals surface area contributed by atoms with Gasteiger partial charge < -0.3 is 28.7 Å². The average molecular weight is 624 g/mol. The summed E-state index contributed by atoms with van der Waals surface area (Å²) in [5, 5.41) is 6.53. The van der Waals surface area contributed by atoms with Crippen LogP contribution in [0, 0.1) is 19.7 Å². The number of carbonyl (C=O) groups excluding carboxylic acids is 2. The molecule has 0 unspecified atom stereocenters. The Balaban J connectivity index is 1.16. The highest BCUT2D eigenvalue weighted by molar-refractivity contribution is 5.94. The fraction of sp³-hybridized carbons (Fsp3) is 0.171. The van der Waals surface area contributed by atoms with Crippen molar-refractivity contribution in [1.82, 2.24) is 9.99 Å². The topological polar surface area (TPSA) is 110 Å². The molecule has 5 rings (SSSR count). The number of halogens is 1. The fourth-order valence-corrected chi connectivity index (χ4v) is 4.64. The zero-order chi connectivity index (χ0) is 32.6. The number of aromatic nitrogens is 1. The second-order valence-corrected chi connectivity index (χ2v) is 10.6. The van der Waals surface area contributed by atoms with Crippen LogP contribution in [0.1, 0.15) is 33.3 Å². The number of furan rings is 1. The highest BCUT2D eigenvalue weighted by atomic mass is 19.1. The van der Waals surface area contributed by atoms with Gasteiger partial charge in [0.05, 0.1) is 11.9 Å². The minimum absolute atomic E-state index is 0.0581. The van der Waals surface area contributed by atoms with Gasteiger partial charge in [-0.3, -0.25) is 9.59 Å². The van der Waals surface area contributed by atoms with Crippen molar-refractivity contribution < 1.29 is 27.9 Å². The Morgan fingerprint density at radius 2 is 1.67 bits per heavy atom. The third-order valence-electron chi connectivity index (χ3n) is 7.02. The summed E-state index contributed by atoms with van der Waals surface area (Å²) in [5.74, 6) is -0.0887. The van der Waals surface area contributed by atoms with Gasteiger partial charge in [0.1, 0.15) is 29.7 Å². The Morgan fingerprint density at radius 3 is 2.39 bits per heavy atom. The molecule has 0 saturated heterocycles. The number of hydrogen-bond donors (Lipinski definition) is 2. The molecule has 3 aromatic carbocycles. The molecule has 46 heavy (non-hydrogen) atoms. The molecule has 2 amide bonds. The number of nitrogens with one attached hydrogen (secondary N) is 2. The van der Waals surface area contributed by atoms with Crippen molar-refractivity contribution in [2.45, 2.75) is 20.5 Å². The number of hydrogen-bond acceptors (Lipinski definition) is 7. The van der Waals surface area contributed by atoms with Crippen LogP contribution in [-0.4, -0.2) is 43.3 Å². The lowest BCUT2D eigenvalue weighted by atomic mass is 10.2. The first-order valence-corrected chi connectivity index (χ1v) is 14.5. The van der Waals surface area contributed by atoms with E-state index in [9.17, 15) is 14.0 Å². The summed E-state index contributed by atoms with van der Waals surface area (Å²) in [6.45, 7) is 3.89. The van der Waals surface area contributed by atoms with Crippen molar-refractivity contribution in [2.24, 2.45) is 5.10 Å². The average Bonchev–Trinajstić information content (AvgIpc) is 3.66. The van der Waals surface area contributed by atoms with E-state index in [1.807, 2.05) is 49.3 Å². The van der Waals surface area contributed by atoms with Crippen LogP contribution in [0.15, 0.2) is 101 Å². The lowest BCUT2D eigenvalue weighted by Gasteiger charge is -2.16. The van der Waals surface area contributed by atoms with Crippen LogP contribution < -0.4 is 25.1 Å². The summed E-state index contributed by atoms with van der Waals surface area (Å²) in [4.78, 5) is 27.0. The normalized spacial score (nSPS) is 11.0. The molecule has 11 heteroatoms. The van der Waals surface area contributed by atoms with Crippen molar-refractivity contribution in [1.29, 1.82) is 0 Å². The van der Waals surface area contributed by atoms with Crippen molar-refractivity contribution >= 4 is 29.4 Å². The van der Waals surface area contributed by atoms with Crippen LogP contribution in [0.2, 0.25) is 0 Å². The number of nitrogens with zero attached hydrogens (tertiary/aromatic N) is 3. The molecule has 0 aliphatic rings. The number of ether oxygens (including phenoxy) is 2. The van der Waals surface area contributed by atoms with Gasteiger partial charge in [-0.15, -0.1) is 0 Å². The van der Waals surface area contributed by atoms with Crippen molar-refractivity contribution in [3.05, 3.63) is 125 Å². The largest absolute Gasteiger partial charge is 0.486 e. The molecule has 0 bridgehead atoms. The highest BCUT2D eigenvalue weighted by Gasteiger charge is 2.13. The minimum Gasteiger partial charge on any atom is -0.486 e. The maximum absolute atomic E-state index is 13.9. The smallest absolute Gasteiger partial charge is 0.307 e. The Kier molecular flexibility index (Phi) is 9.81. The number of benzene rings is 3. The van der Waals surface area contributed by atoms with Gasteiger partial charge >= 0.3 is 5.91 Å². The fourth-order valence-electron chi connectivity index (χ4n) is 4.64. The summed E-state index contributed by atoms with van der Waals surface area (Å²) in [5.41, 5.74) is 7.16. The zero-order valence-corrected chi connectivity index (χ0v) is 25.9. The molecule has 0 aliphatic heterocycles. The monoisotopic (exact) mass is 623 g/mol. The van der Waals surface area contributed by atoms with Gasteiger partial charge in [0.15, 0.2) is 12.4 Å². The van der Waals surface area contributed by atoms with Crippen LogP contribution in [-0.2, 0) is 11.4 Å². The van der Waals surface area contributed by atoms with E-state index in [1.165, 1.54) is 24.4 Å². The number of carbonyl (C=O) groups is 2. The lowest BCUT2D eigenvalue weighted by molar-refractivity contribution is -0.118. The minimum atomic E-state index is -0.555. The number of rotatable bonds is 12. The van der Waals surface area contributed by atoms with Crippen molar-refractivity contribution in [3.63, 3.8) is 0 Å².